The molecule has 1 aliphatic heterocycles. The summed E-state index contributed by atoms with van der Waals surface area (Å²) in [4.78, 5) is 34.5. The van der Waals surface area contributed by atoms with E-state index in [0.29, 0.717) is 25.3 Å². The third kappa shape index (κ3) is 3.68. The Bertz CT molecular complexity index is 1070. The number of carbonyl (C=O) groups excluding carboxylic acids is 1. The summed E-state index contributed by atoms with van der Waals surface area (Å²) in [5.41, 5.74) is 1.94. The summed E-state index contributed by atoms with van der Waals surface area (Å²) in [5.74, 6) is -0.329. The Morgan fingerprint density at radius 3 is 2.79 bits per heavy atom. The number of aromatic nitrogens is 3. The number of hydrogen-bond donors (Lipinski definition) is 1. The van der Waals surface area contributed by atoms with Crippen molar-refractivity contribution < 1.29 is 9.53 Å². The van der Waals surface area contributed by atoms with Crippen molar-refractivity contribution in [2.24, 2.45) is 0 Å². The van der Waals surface area contributed by atoms with Gasteiger partial charge in [0.15, 0.2) is 5.65 Å². The number of ether oxygens (including phenoxy) is 1. The number of carbonyl (C=O) groups is 1. The van der Waals surface area contributed by atoms with Crippen LogP contribution in [0.25, 0.3) is 5.65 Å². The van der Waals surface area contributed by atoms with Crippen molar-refractivity contribution in [3.05, 3.63) is 69.8 Å². The number of nitrogens with one attached hydrogen (secondary N) is 1. The topological polar surface area (TPSA) is 82.9 Å². The van der Waals surface area contributed by atoms with Gasteiger partial charge in [-0.2, -0.15) is 0 Å². The molecule has 1 N–H and O–H groups in total. The van der Waals surface area contributed by atoms with Gasteiger partial charge >= 0.3 is 0 Å². The van der Waals surface area contributed by atoms with E-state index >= 15 is 0 Å². The number of fused-ring (bicyclic) bond motifs is 1. The molecule has 0 radical (unpaired) electrons. The molecule has 2 atom stereocenters. The van der Waals surface area contributed by atoms with Gasteiger partial charge in [0.25, 0.3) is 11.5 Å². The normalized spacial score (nSPS) is 19.8. The van der Waals surface area contributed by atoms with E-state index in [1.165, 1.54) is 10.7 Å². The van der Waals surface area contributed by atoms with Gasteiger partial charge in [-0.1, -0.05) is 30.3 Å². The lowest BCUT2D eigenvalue weighted by molar-refractivity contribution is -0.0685. The first-order valence-corrected chi connectivity index (χ1v) is 9.65. The number of morpholine rings is 1. The Morgan fingerprint density at radius 2 is 2.07 bits per heavy atom. The molecule has 8 heteroatoms. The maximum Gasteiger partial charge on any atom is 0.285 e. The molecule has 29 heavy (non-hydrogen) atoms. The minimum absolute atomic E-state index is 0.0517. The second kappa shape index (κ2) is 7.81. The highest BCUT2D eigenvalue weighted by atomic mass is 16.5. The summed E-state index contributed by atoms with van der Waals surface area (Å²) in [5, 5.41) is 2.94. The highest BCUT2D eigenvalue weighted by molar-refractivity contribution is 5.94. The van der Waals surface area contributed by atoms with E-state index in [4.69, 9.17) is 4.74 Å². The zero-order chi connectivity index (χ0) is 20.5. The van der Waals surface area contributed by atoms with Crippen LogP contribution in [0, 0.1) is 6.92 Å². The van der Waals surface area contributed by atoms with E-state index in [9.17, 15) is 9.59 Å². The van der Waals surface area contributed by atoms with Gasteiger partial charge in [0.2, 0.25) is 0 Å². The maximum absolute atomic E-state index is 13.5. The third-order valence-corrected chi connectivity index (χ3v) is 5.15. The van der Waals surface area contributed by atoms with Crippen molar-refractivity contribution in [3.8, 4) is 0 Å². The molecule has 0 bridgehead atoms. The highest BCUT2D eigenvalue weighted by Crippen LogP contribution is 2.31. The fourth-order valence-corrected chi connectivity index (χ4v) is 3.90. The number of nitrogens with zero attached hydrogens (tertiary/aromatic N) is 4. The molecule has 3 aromatic rings. The molecule has 1 aliphatic rings. The largest absolute Gasteiger partial charge is 0.373 e. The van der Waals surface area contributed by atoms with Crippen LogP contribution in [0.5, 0.6) is 0 Å². The summed E-state index contributed by atoms with van der Waals surface area (Å²) in [6.45, 7) is 3.34. The minimum atomic E-state index is -0.393. The highest BCUT2D eigenvalue weighted by Gasteiger charge is 2.37. The van der Waals surface area contributed by atoms with Gasteiger partial charge in [-0.05, 0) is 26.6 Å². The summed E-state index contributed by atoms with van der Waals surface area (Å²) >= 11 is 0. The van der Waals surface area contributed by atoms with Crippen LogP contribution in [0.2, 0.25) is 0 Å². The smallest absolute Gasteiger partial charge is 0.285 e. The van der Waals surface area contributed by atoms with E-state index in [0.717, 1.165) is 11.3 Å². The third-order valence-electron chi connectivity index (χ3n) is 5.15. The van der Waals surface area contributed by atoms with Gasteiger partial charge in [-0.3, -0.25) is 14.7 Å². The van der Waals surface area contributed by atoms with Crippen LogP contribution < -0.4 is 5.56 Å². The molecule has 1 saturated heterocycles. The lowest BCUT2D eigenvalue weighted by Crippen LogP contribution is -2.52. The first-order valence-electron chi connectivity index (χ1n) is 9.65. The van der Waals surface area contributed by atoms with Crippen LogP contribution in [-0.2, 0) is 4.74 Å². The molecule has 0 saturated carbocycles. The van der Waals surface area contributed by atoms with Crippen molar-refractivity contribution in [2.45, 2.75) is 19.1 Å². The molecule has 4 rings (SSSR count). The summed E-state index contributed by atoms with van der Waals surface area (Å²) in [6, 6.07) is 11.3. The van der Waals surface area contributed by atoms with Gasteiger partial charge in [0, 0.05) is 31.0 Å². The quantitative estimate of drug-likeness (QED) is 0.724. The lowest BCUT2D eigenvalue weighted by atomic mass is 9.97. The molecular formula is C21H25N5O3. The number of benzene rings is 1. The second-order valence-corrected chi connectivity index (χ2v) is 7.64. The monoisotopic (exact) mass is 395 g/mol. The predicted octanol–water partition coefficient (Wildman–Crippen LogP) is 1.47. The Hall–Kier alpha value is -2.97. The molecule has 1 amide bonds. The number of rotatable bonds is 4. The molecule has 152 valence electrons. The molecular weight excluding hydrogens is 370 g/mol. The molecule has 2 aromatic heterocycles. The van der Waals surface area contributed by atoms with Crippen molar-refractivity contribution in [3.63, 3.8) is 0 Å². The van der Waals surface area contributed by atoms with E-state index in [1.807, 2.05) is 56.3 Å². The van der Waals surface area contributed by atoms with Crippen LogP contribution in [-0.4, -0.2) is 70.2 Å². The van der Waals surface area contributed by atoms with Gasteiger partial charge < -0.3 is 14.5 Å². The zero-order valence-electron chi connectivity index (χ0n) is 16.8. The molecule has 0 spiro atoms. The minimum Gasteiger partial charge on any atom is -0.373 e. The Morgan fingerprint density at radius 1 is 1.31 bits per heavy atom. The predicted molar refractivity (Wildman–Crippen MR) is 109 cm³/mol. The van der Waals surface area contributed by atoms with Crippen molar-refractivity contribution in [1.82, 2.24) is 24.4 Å². The van der Waals surface area contributed by atoms with Gasteiger partial charge in [0.1, 0.15) is 5.56 Å². The average Bonchev–Trinajstić information content (AvgIpc) is 3.09. The Balaban J connectivity index is 1.75. The SMILES string of the molecule is Cc1cc2ncc(C(=O)N3CCO[C@@H](CN(C)C)[C@@H]3c3ccccc3)c(=O)n2[nH]1. The maximum atomic E-state index is 13.5. The number of likely N-dealkylation sites (N-methyl/N-ethyl adjacent to an activating group) is 1. The average molecular weight is 395 g/mol. The molecule has 1 fully saturated rings. The molecule has 1 aromatic carbocycles. The summed E-state index contributed by atoms with van der Waals surface area (Å²) in [6.07, 6.45) is 1.18. The van der Waals surface area contributed by atoms with Gasteiger partial charge in [-0.15, -0.1) is 0 Å². The van der Waals surface area contributed by atoms with Crippen LogP contribution in [0.15, 0.2) is 47.4 Å². The van der Waals surface area contributed by atoms with E-state index in [2.05, 4.69) is 10.1 Å². The second-order valence-electron chi connectivity index (χ2n) is 7.64. The van der Waals surface area contributed by atoms with Gasteiger partial charge in [0.05, 0.1) is 18.8 Å². The van der Waals surface area contributed by atoms with Crippen molar-refractivity contribution >= 4 is 11.6 Å². The first-order chi connectivity index (χ1) is 14.0. The number of aryl methyl sites for hydroxylation is 1. The van der Waals surface area contributed by atoms with Crippen LogP contribution in [0.3, 0.4) is 0 Å². The van der Waals surface area contributed by atoms with E-state index in [1.54, 1.807) is 11.0 Å². The molecule has 3 heterocycles. The number of aromatic amines is 1. The summed E-state index contributed by atoms with van der Waals surface area (Å²) in [7, 11) is 3.95. The number of amides is 1. The van der Waals surface area contributed by atoms with Crippen molar-refractivity contribution in [2.75, 3.05) is 33.8 Å². The lowest BCUT2D eigenvalue weighted by Gasteiger charge is -2.42. The fourth-order valence-electron chi connectivity index (χ4n) is 3.90. The molecule has 0 aliphatic carbocycles. The zero-order valence-corrected chi connectivity index (χ0v) is 16.8. The Labute approximate surface area is 168 Å². The molecule has 0 unspecified atom stereocenters. The van der Waals surface area contributed by atoms with E-state index in [-0.39, 0.29) is 23.6 Å². The first kappa shape index (κ1) is 19.4. The fraction of sp³-hybridized carbons (Fsp3) is 0.381. The van der Waals surface area contributed by atoms with Crippen LogP contribution in [0.4, 0.5) is 0 Å². The van der Waals surface area contributed by atoms with Crippen molar-refractivity contribution in [1.29, 1.82) is 0 Å². The van der Waals surface area contributed by atoms with Crippen LogP contribution in [0.1, 0.15) is 27.7 Å². The molecule has 8 nitrogen and oxygen atoms in total. The van der Waals surface area contributed by atoms with E-state index < -0.39 is 5.56 Å². The standard InChI is InChI=1S/C21H25N5O3/c1-14-11-18-22-12-16(21(28)26(18)23-14)20(27)25-9-10-29-17(13-24(2)3)19(25)15-7-5-4-6-8-15/h4-8,11-12,17,19,23H,9-10,13H2,1-3H3/t17-,19-/m0/s1. The van der Waals surface area contributed by atoms with Crippen LogP contribution >= 0.6 is 0 Å². The summed E-state index contributed by atoms with van der Waals surface area (Å²) < 4.78 is 7.35. The Kier molecular flexibility index (Phi) is 5.21. The van der Waals surface area contributed by atoms with Gasteiger partial charge in [-0.25, -0.2) is 9.50 Å². The number of hydrogen-bond acceptors (Lipinski definition) is 5. The number of H-pyrrole nitrogens is 1.